The van der Waals surface area contributed by atoms with Crippen LogP contribution in [0.15, 0.2) is 18.7 Å². The second kappa shape index (κ2) is 5.16. The number of aliphatic hydroxyl groups is 1. The lowest BCUT2D eigenvalue weighted by atomic mass is 10.3. The summed E-state index contributed by atoms with van der Waals surface area (Å²) in [5.41, 5.74) is 0. The van der Waals surface area contributed by atoms with Crippen molar-refractivity contribution >= 4 is 0 Å². The fourth-order valence-electron chi connectivity index (χ4n) is 0.807. The van der Waals surface area contributed by atoms with E-state index in [9.17, 15) is 5.11 Å². The standard InChI is InChI=1S/C7H12N2O.ClH/c1-2-7(10)5-9-4-3-8-6-9;/h3-4,6-7,10H,2,5H2,1H3;1H. The lowest BCUT2D eigenvalue weighted by molar-refractivity contribution is -0.702. The SMILES string of the molecule is CCC(O)C[n+]1cc[nH]c1.[Cl-]. The predicted octanol–water partition coefficient (Wildman–Crippen LogP) is -2.92. The van der Waals surface area contributed by atoms with Crippen LogP contribution < -0.4 is 17.0 Å². The summed E-state index contributed by atoms with van der Waals surface area (Å²) < 4.78 is 1.92. The smallest absolute Gasteiger partial charge is 0.241 e. The van der Waals surface area contributed by atoms with E-state index in [0.29, 0.717) is 6.54 Å². The van der Waals surface area contributed by atoms with Gasteiger partial charge in [0.2, 0.25) is 6.33 Å². The molecule has 1 rings (SSSR count). The average molecular weight is 177 g/mol. The van der Waals surface area contributed by atoms with Crippen molar-refractivity contribution in [2.45, 2.75) is 26.0 Å². The summed E-state index contributed by atoms with van der Waals surface area (Å²) in [6.07, 6.45) is 6.15. The maximum Gasteiger partial charge on any atom is 0.241 e. The molecule has 0 aliphatic rings. The highest BCUT2D eigenvalue weighted by Gasteiger charge is 2.04. The first-order valence-corrected chi connectivity index (χ1v) is 3.53. The van der Waals surface area contributed by atoms with Crippen molar-refractivity contribution in [2.75, 3.05) is 0 Å². The topological polar surface area (TPSA) is 39.9 Å². The van der Waals surface area contributed by atoms with Gasteiger partial charge in [-0.3, -0.25) is 4.98 Å². The Morgan fingerprint density at radius 3 is 2.82 bits per heavy atom. The van der Waals surface area contributed by atoms with Gasteiger partial charge in [-0.15, -0.1) is 0 Å². The van der Waals surface area contributed by atoms with Crippen LogP contribution in [0.1, 0.15) is 13.3 Å². The van der Waals surface area contributed by atoms with Crippen LogP contribution in [-0.4, -0.2) is 16.2 Å². The van der Waals surface area contributed by atoms with Crippen molar-refractivity contribution in [3.05, 3.63) is 18.7 Å². The van der Waals surface area contributed by atoms with Crippen molar-refractivity contribution in [3.63, 3.8) is 0 Å². The number of rotatable bonds is 3. The first-order chi connectivity index (χ1) is 4.83. The molecule has 64 valence electrons. The van der Waals surface area contributed by atoms with E-state index >= 15 is 0 Å². The van der Waals surface area contributed by atoms with Gasteiger partial charge in [0.05, 0.1) is 6.10 Å². The maximum atomic E-state index is 9.20. The molecule has 0 spiro atoms. The van der Waals surface area contributed by atoms with Crippen LogP contribution in [0.4, 0.5) is 0 Å². The van der Waals surface area contributed by atoms with Crippen molar-refractivity contribution in [3.8, 4) is 0 Å². The normalized spacial score (nSPS) is 12.2. The minimum atomic E-state index is -0.221. The molecular formula is C7H13ClN2O. The molecule has 0 fully saturated rings. The zero-order valence-corrected chi connectivity index (χ0v) is 7.25. The second-order valence-electron chi connectivity index (χ2n) is 2.37. The fraction of sp³-hybridized carbons (Fsp3) is 0.571. The van der Waals surface area contributed by atoms with Gasteiger partial charge in [0.15, 0.2) is 0 Å². The maximum absolute atomic E-state index is 9.20. The molecule has 0 aliphatic heterocycles. The highest BCUT2D eigenvalue weighted by Crippen LogP contribution is 1.87. The number of hydrogen-bond acceptors (Lipinski definition) is 1. The highest BCUT2D eigenvalue weighted by atomic mass is 35.5. The number of aliphatic hydroxyl groups excluding tert-OH is 1. The molecule has 3 nitrogen and oxygen atoms in total. The van der Waals surface area contributed by atoms with Gasteiger partial charge in [-0.2, -0.15) is 0 Å². The van der Waals surface area contributed by atoms with E-state index in [2.05, 4.69) is 4.98 Å². The van der Waals surface area contributed by atoms with Gasteiger partial charge in [0.1, 0.15) is 18.9 Å². The Hall–Kier alpha value is -0.540. The first-order valence-electron chi connectivity index (χ1n) is 3.53. The van der Waals surface area contributed by atoms with Gasteiger partial charge in [-0.1, -0.05) is 6.92 Å². The van der Waals surface area contributed by atoms with Crippen LogP contribution in [-0.2, 0) is 6.54 Å². The first kappa shape index (κ1) is 10.5. The Labute approximate surface area is 72.5 Å². The highest BCUT2D eigenvalue weighted by molar-refractivity contribution is 4.56. The molecule has 0 saturated heterocycles. The zero-order valence-electron chi connectivity index (χ0n) is 6.50. The summed E-state index contributed by atoms with van der Waals surface area (Å²) in [5, 5.41) is 9.20. The quantitative estimate of drug-likeness (QED) is 0.476. The summed E-state index contributed by atoms with van der Waals surface area (Å²) in [7, 11) is 0. The molecular weight excluding hydrogens is 164 g/mol. The van der Waals surface area contributed by atoms with Gasteiger partial charge in [0, 0.05) is 0 Å². The Morgan fingerprint density at radius 2 is 2.36 bits per heavy atom. The third kappa shape index (κ3) is 3.39. The van der Waals surface area contributed by atoms with E-state index in [1.165, 1.54) is 0 Å². The summed E-state index contributed by atoms with van der Waals surface area (Å²) in [6, 6.07) is 0. The molecule has 4 heteroatoms. The summed E-state index contributed by atoms with van der Waals surface area (Å²) in [4.78, 5) is 2.91. The van der Waals surface area contributed by atoms with E-state index < -0.39 is 0 Å². The molecule has 0 bridgehead atoms. The molecule has 0 amide bonds. The minimum Gasteiger partial charge on any atom is -1.00 e. The van der Waals surface area contributed by atoms with Crippen molar-refractivity contribution in [1.82, 2.24) is 4.98 Å². The summed E-state index contributed by atoms with van der Waals surface area (Å²) >= 11 is 0. The number of H-pyrrole nitrogens is 1. The number of aromatic amines is 1. The minimum absolute atomic E-state index is 0. The van der Waals surface area contributed by atoms with Crippen LogP contribution in [0.25, 0.3) is 0 Å². The Kier molecular flexibility index (Phi) is 4.90. The van der Waals surface area contributed by atoms with Gasteiger partial charge in [-0.05, 0) is 6.42 Å². The van der Waals surface area contributed by atoms with Crippen molar-refractivity contribution in [1.29, 1.82) is 0 Å². The number of aromatic nitrogens is 2. The Bertz CT molecular complexity index is 177. The van der Waals surface area contributed by atoms with E-state index in [-0.39, 0.29) is 18.5 Å². The zero-order chi connectivity index (χ0) is 7.40. The van der Waals surface area contributed by atoms with E-state index in [1.807, 2.05) is 30.2 Å². The van der Waals surface area contributed by atoms with Gasteiger partial charge >= 0.3 is 0 Å². The van der Waals surface area contributed by atoms with Gasteiger partial charge in [-0.25, -0.2) is 4.57 Å². The van der Waals surface area contributed by atoms with E-state index in [0.717, 1.165) is 6.42 Å². The largest absolute Gasteiger partial charge is 1.00 e. The molecule has 0 radical (unpaired) electrons. The van der Waals surface area contributed by atoms with Crippen LogP contribution in [0.5, 0.6) is 0 Å². The van der Waals surface area contributed by atoms with Crippen LogP contribution in [0, 0.1) is 0 Å². The van der Waals surface area contributed by atoms with Gasteiger partial charge < -0.3 is 17.5 Å². The molecule has 11 heavy (non-hydrogen) atoms. The molecule has 1 aromatic heterocycles. The summed E-state index contributed by atoms with van der Waals surface area (Å²) in [6.45, 7) is 2.65. The average Bonchev–Trinajstić information content (AvgIpc) is 2.40. The van der Waals surface area contributed by atoms with Crippen LogP contribution in [0.3, 0.4) is 0 Å². The molecule has 2 N–H and O–H groups in total. The number of nitrogens with one attached hydrogen (secondary N) is 1. The second-order valence-corrected chi connectivity index (χ2v) is 2.37. The van der Waals surface area contributed by atoms with E-state index in [4.69, 9.17) is 0 Å². The van der Waals surface area contributed by atoms with E-state index in [1.54, 1.807) is 0 Å². The van der Waals surface area contributed by atoms with Gasteiger partial charge in [0.25, 0.3) is 0 Å². The number of halogens is 1. The summed E-state index contributed by atoms with van der Waals surface area (Å²) in [5.74, 6) is 0. The number of nitrogens with zero attached hydrogens (tertiary/aromatic N) is 1. The lowest BCUT2D eigenvalue weighted by Crippen LogP contribution is -3.00. The molecule has 1 heterocycles. The third-order valence-electron chi connectivity index (χ3n) is 1.50. The Balaban J connectivity index is 0.000001000. The predicted molar refractivity (Wildman–Crippen MR) is 37.3 cm³/mol. The van der Waals surface area contributed by atoms with Crippen molar-refractivity contribution in [2.24, 2.45) is 0 Å². The fourth-order valence-corrected chi connectivity index (χ4v) is 0.807. The third-order valence-corrected chi connectivity index (χ3v) is 1.50. The molecule has 0 saturated carbocycles. The van der Waals surface area contributed by atoms with Crippen molar-refractivity contribution < 1.29 is 22.1 Å². The molecule has 0 aliphatic carbocycles. The molecule has 1 atom stereocenters. The monoisotopic (exact) mass is 176 g/mol. The molecule has 0 aromatic carbocycles. The number of imidazole rings is 1. The molecule has 1 aromatic rings. The number of hydrogen-bond donors (Lipinski definition) is 2. The molecule has 1 unspecified atom stereocenters. The van der Waals surface area contributed by atoms with Crippen LogP contribution >= 0.6 is 0 Å². The lowest BCUT2D eigenvalue weighted by Gasteiger charge is -2.02. The van der Waals surface area contributed by atoms with Crippen LogP contribution in [0.2, 0.25) is 0 Å². The Morgan fingerprint density at radius 1 is 1.64 bits per heavy atom.